The van der Waals surface area contributed by atoms with Gasteiger partial charge < -0.3 is 4.57 Å². The van der Waals surface area contributed by atoms with Gasteiger partial charge in [-0.05, 0) is 71.8 Å². The van der Waals surface area contributed by atoms with Crippen molar-refractivity contribution in [3.63, 3.8) is 0 Å². The first-order valence-corrected chi connectivity index (χ1v) is 17.2. The van der Waals surface area contributed by atoms with Crippen LogP contribution in [0, 0.1) is 0 Å². The zero-order chi connectivity index (χ0) is 31.3. The highest BCUT2D eigenvalue weighted by atomic mass is 32.2. The number of aromatic nitrogens is 3. The SMILES string of the molecule is c1ccc(-c2cccc3c2c2c4cccc5c4n(c2n3-c2ccc3c(c2)c2ccccc2n3-c2ccccc2)-c2ccccc2S5)cc1. The maximum atomic E-state index is 2.53. The average Bonchev–Trinajstić information content (AvgIpc) is 3.79. The van der Waals surface area contributed by atoms with Gasteiger partial charge in [0.1, 0.15) is 5.65 Å². The normalized spacial score (nSPS) is 12.5. The predicted molar refractivity (Wildman–Crippen MR) is 202 cm³/mol. The molecule has 0 saturated heterocycles. The predicted octanol–water partition coefficient (Wildman–Crippen LogP) is 12.0. The fourth-order valence-corrected chi connectivity index (χ4v) is 9.18. The number of nitrogens with zero attached hydrogens (tertiary/aromatic N) is 3. The van der Waals surface area contributed by atoms with E-state index in [1.807, 2.05) is 11.8 Å². The molecular formula is C44H27N3S. The number of rotatable bonds is 3. The summed E-state index contributed by atoms with van der Waals surface area (Å²) in [6, 6.07) is 59.8. The lowest BCUT2D eigenvalue weighted by atomic mass is 9.99. The summed E-state index contributed by atoms with van der Waals surface area (Å²) in [4.78, 5) is 2.57. The summed E-state index contributed by atoms with van der Waals surface area (Å²) in [5, 5.41) is 6.37. The highest BCUT2D eigenvalue weighted by Crippen LogP contribution is 2.51. The monoisotopic (exact) mass is 629 g/mol. The Kier molecular flexibility index (Phi) is 5.32. The van der Waals surface area contributed by atoms with Gasteiger partial charge in [0, 0.05) is 48.1 Å². The van der Waals surface area contributed by atoms with Crippen LogP contribution in [-0.2, 0) is 0 Å². The lowest BCUT2D eigenvalue weighted by molar-refractivity contribution is 1.03. The minimum Gasteiger partial charge on any atom is -0.309 e. The molecular weight excluding hydrogens is 603 g/mol. The quantitative estimate of drug-likeness (QED) is 0.190. The average molecular weight is 630 g/mol. The van der Waals surface area contributed by atoms with Crippen LogP contribution in [0.3, 0.4) is 0 Å². The molecule has 0 radical (unpaired) electrons. The molecule has 0 N–H and O–H groups in total. The van der Waals surface area contributed by atoms with Crippen molar-refractivity contribution in [1.29, 1.82) is 0 Å². The van der Waals surface area contributed by atoms with Crippen molar-refractivity contribution >= 4 is 66.4 Å². The van der Waals surface area contributed by atoms with Crippen molar-refractivity contribution in [2.75, 3.05) is 0 Å². The molecule has 0 fully saturated rings. The van der Waals surface area contributed by atoms with E-state index in [-0.39, 0.29) is 0 Å². The molecule has 0 saturated carbocycles. The molecule has 0 spiro atoms. The van der Waals surface area contributed by atoms with E-state index in [4.69, 9.17) is 0 Å². The highest BCUT2D eigenvalue weighted by molar-refractivity contribution is 7.99. The van der Waals surface area contributed by atoms with E-state index in [0.29, 0.717) is 0 Å². The van der Waals surface area contributed by atoms with Crippen LogP contribution in [0.4, 0.5) is 0 Å². The Morgan fingerprint density at radius 1 is 0.396 bits per heavy atom. The molecule has 3 nitrogen and oxygen atoms in total. The fourth-order valence-electron chi connectivity index (χ4n) is 8.09. The van der Waals surface area contributed by atoms with E-state index in [0.717, 1.165) is 5.69 Å². The lowest BCUT2D eigenvalue weighted by Crippen LogP contribution is -2.05. The van der Waals surface area contributed by atoms with Gasteiger partial charge in [-0.2, -0.15) is 0 Å². The van der Waals surface area contributed by atoms with Gasteiger partial charge in [0.2, 0.25) is 0 Å². The Hall–Kier alpha value is -5.97. The fraction of sp³-hybridized carbons (Fsp3) is 0. The molecule has 7 aromatic carbocycles. The topological polar surface area (TPSA) is 14.8 Å². The molecule has 0 aliphatic carbocycles. The molecule has 4 heterocycles. The molecule has 0 amide bonds. The zero-order valence-electron chi connectivity index (χ0n) is 25.8. The first-order valence-electron chi connectivity index (χ1n) is 16.4. The van der Waals surface area contributed by atoms with Crippen LogP contribution in [0.25, 0.3) is 82.8 Å². The Morgan fingerprint density at radius 2 is 1.08 bits per heavy atom. The largest absolute Gasteiger partial charge is 0.309 e. The van der Waals surface area contributed by atoms with Crippen LogP contribution in [0.1, 0.15) is 0 Å². The molecule has 4 heteroatoms. The second kappa shape index (κ2) is 9.77. The molecule has 0 bridgehead atoms. The summed E-state index contributed by atoms with van der Waals surface area (Å²) in [6.45, 7) is 0. The zero-order valence-corrected chi connectivity index (χ0v) is 26.7. The van der Waals surface area contributed by atoms with E-state index >= 15 is 0 Å². The first-order chi connectivity index (χ1) is 23.8. The Labute approximate surface area is 280 Å². The summed E-state index contributed by atoms with van der Waals surface area (Å²) >= 11 is 1.87. The van der Waals surface area contributed by atoms with Gasteiger partial charge in [-0.15, -0.1) is 0 Å². The van der Waals surface area contributed by atoms with E-state index < -0.39 is 0 Å². The molecule has 0 unspecified atom stereocenters. The van der Waals surface area contributed by atoms with Gasteiger partial charge in [-0.3, -0.25) is 9.13 Å². The maximum Gasteiger partial charge on any atom is 0.131 e. The summed E-state index contributed by atoms with van der Waals surface area (Å²) < 4.78 is 7.43. The van der Waals surface area contributed by atoms with Crippen molar-refractivity contribution in [3.05, 3.63) is 164 Å². The summed E-state index contributed by atoms with van der Waals surface area (Å²) in [5.74, 6) is 0. The molecule has 0 atom stereocenters. The number of hydrogen-bond acceptors (Lipinski definition) is 1. The standard InChI is InChI=1S/C44H27N3S/c1-3-13-28(14-4-1)31-18-11-22-38-41(31)42-33-19-12-24-40-43(33)47(37-21-9-10-23-39(37)48-40)44(42)46(38)30-25-26-36-34(27-30)32-17-7-8-20-35(32)45(36)29-15-5-2-6-16-29/h1-27H. The van der Waals surface area contributed by atoms with Crippen molar-refractivity contribution in [2.45, 2.75) is 9.79 Å². The third-order valence-electron chi connectivity index (χ3n) is 10.0. The molecule has 224 valence electrons. The minimum absolute atomic E-state index is 1.15. The van der Waals surface area contributed by atoms with Gasteiger partial charge in [0.05, 0.1) is 27.8 Å². The van der Waals surface area contributed by atoms with E-state index in [9.17, 15) is 0 Å². The van der Waals surface area contributed by atoms with Crippen LogP contribution in [0.2, 0.25) is 0 Å². The molecule has 10 aromatic rings. The number of fused-ring (bicyclic) bond motifs is 10. The lowest BCUT2D eigenvalue weighted by Gasteiger charge is -2.21. The maximum absolute atomic E-state index is 2.53. The molecule has 1 aliphatic rings. The van der Waals surface area contributed by atoms with Crippen molar-refractivity contribution in [2.24, 2.45) is 0 Å². The molecule has 3 aromatic heterocycles. The smallest absolute Gasteiger partial charge is 0.131 e. The molecule has 1 aliphatic heterocycles. The summed E-state index contributed by atoms with van der Waals surface area (Å²) in [6.07, 6.45) is 0. The van der Waals surface area contributed by atoms with Crippen molar-refractivity contribution < 1.29 is 0 Å². The number of para-hydroxylation sites is 4. The van der Waals surface area contributed by atoms with Crippen LogP contribution in [0.5, 0.6) is 0 Å². The van der Waals surface area contributed by atoms with Gasteiger partial charge >= 0.3 is 0 Å². The van der Waals surface area contributed by atoms with E-state index in [2.05, 4.69) is 177 Å². The Morgan fingerprint density at radius 3 is 1.98 bits per heavy atom. The molecule has 48 heavy (non-hydrogen) atoms. The third kappa shape index (κ3) is 3.45. The van der Waals surface area contributed by atoms with Crippen LogP contribution >= 0.6 is 11.8 Å². The van der Waals surface area contributed by atoms with Gasteiger partial charge in [-0.1, -0.05) is 115 Å². The number of hydrogen-bond donors (Lipinski definition) is 0. The third-order valence-corrected chi connectivity index (χ3v) is 11.1. The van der Waals surface area contributed by atoms with Gasteiger partial charge in [0.15, 0.2) is 0 Å². The Bertz CT molecular complexity index is 2910. The second-order valence-electron chi connectivity index (χ2n) is 12.5. The van der Waals surface area contributed by atoms with Crippen LogP contribution in [0.15, 0.2) is 174 Å². The summed E-state index contributed by atoms with van der Waals surface area (Å²) in [7, 11) is 0. The highest BCUT2D eigenvalue weighted by Gasteiger charge is 2.29. The van der Waals surface area contributed by atoms with Crippen molar-refractivity contribution in [3.8, 4) is 28.2 Å². The minimum atomic E-state index is 1.15. The van der Waals surface area contributed by atoms with E-state index in [1.165, 1.54) is 86.9 Å². The van der Waals surface area contributed by atoms with Crippen LogP contribution < -0.4 is 0 Å². The van der Waals surface area contributed by atoms with Crippen molar-refractivity contribution in [1.82, 2.24) is 13.7 Å². The Balaban J connectivity index is 1.33. The van der Waals surface area contributed by atoms with Crippen LogP contribution in [-0.4, -0.2) is 13.7 Å². The summed E-state index contributed by atoms with van der Waals surface area (Å²) in [5.41, 5.74) is 12.1. The van der Waals surface area contributed by atoms with Gasteiger partial charge in [0.25, 0.3) is 0 Å². The second-order valence-corrected chi connectivity index (χ2v) is 13.6. The molecule has 11 rings (SSSR count). The van der Waals surface area contributed by atoms with E-state index in [1.54, 1.807) is 0 Å². The first kappa shape index (κ1) is 26.1. The number of benzene rings is 7. The van der Waals surface area contributed by atoms with Gasteiger partial charge in [-0.25, -0.2) is 0 Å².